The van der Waals surface area contributed by atoms with E-state index in [0.29, 0.717) is 12.5 Å². The molecule has 4 nitrogen and oxygen atoms in total. The molecule has 0 spiro atoms. The Balaban J connectivity index is 2.30. The first-order valence-electron chi connectivity index (χ1n) is 6.29. The smallest absolute Gasteiger partial charge is 0.309 e. The second-order valence-corrected chi connectivity index (χ2v) is 4.75. The lowest BCUT2D eigenvalue weighted by Crippen LogP contribution is -2.40. The summed E-state index contributed by atoms with van der Waals surface area (Å²) in [7, 11) is 0. The summed E-state index contributed by atoms with van der Waals surface area (Å²) in [4.78, 5) is 22.9. The van der Waals surface area contributed by atoms with Gasteiger partial charge in [-0.05, 0) is 30.0 Å². The molecule has 2 amide bonds. The predicted octanol–water partition coefficient (Wildman–Crippen LogP) is 1.60. The van der Waals surface area contributed by atoms with Crippen LogP contribution in [0.15, 0.2) is 24.3 Å². The molecular weight excluding hydrogens is 247 g/mol. The van der Waals surface area contributed by atoms with E-state index in [-0.39, 0.29) is 12.4 Å². The number of carbonyl (C=O) groups excluding carboxylic acids is 2. The minimum absolute atomic E-state index is 0.205. The fraction of sp³-hybridized carbons (Fsp3) is 0.429. The Morgan fingerprint density at radius 1 is 1.11 bits per heavy atom. The molecule has 0 saturated carbocycles. The third-order valence-corrected chi connectivity index (χ3v) is 2.58. The van der Waals surface area contributed by atoms with Crippen molar-refractivity contribution in [2.24, 2.45) is 5.92 Å². The minimum Gasteiger partial charge on any atom is -0.348 e. The standard InChI is InChI=1S/C14H19FN2O2/c1-10(2)7-8-16-13(18)14(19)17-9-11-3-5-12(15)6-4-11/h3-6,10H,7-9H2,1-2H3,(H,16,18)(H,17,19). The van der Waals surface area contributed by atoms with Crippen LogP contribution in [0.1, 0.15) is 25.8 Å². The van der Waals surface area contributed by atoms with Crippen molar-refractivity contribution in [2.75, 3.05) is 6.54 Å². The maximum absolute atomic E-state index is 12.7. The van der Waals surface area contributed by atoms with Crippen molar-refractivity contribution in [1.82, 2.24) is 10.6 Å². The number of benzene rings is 1. The van der Waals surface area contributed by atoms with E-state index in [1.807, 2.05) is 13.8 Å². The van der Waals surface area contributed by atoms with Crippen molar-refractivity contribution in [2.45, 2.75) is 26.8 Å². The molecule has 0 fully saturated rings. The van der Waals surface area contributed by atoms with Crippen LogP contribution in [0.25, 0.3) is 0 Å². The maximum Gasteiger partial charge on any atom is 0.309 e. The molecule has 2 N–H and O–H groups in total. The van der Waals surface area contributed by atoms with E-state index in [1.54, 1.807) is 12.1 Å². The van der Waals surface area contributed by atoms with Gasteiger partial charge < -0.3 is 10.6 Å². The first-order valence-corrected chi connectivity index (χ1v) is 6.29. The molecule has 1 rings (SSSR count). The summed E-state index contributed by atoms with van der Waals surface area (Å²) in [6.07, 6.45) is 0.830. The monoisotopic (exact) mass is 266 g/mol. The van der Waals surface area contributed by atoms with Crippen LogP contribution < -0.4 is 10.6 Å². The molecule has 0 bridgehead atoms. The number of hydrogen-bond acceptors (Lipinski definition) is 2. The zero-order valence-corrected chi connectivity index (χ0v) is 11.2. The first kappa shape index (κ1) is 15.1. The Labute approximate surface area is 112 Å². The van der Waals surface area contributed by atoms with E-state index in [2.05, 4.69) is 10.6 Å². The van der Waals surface area contributed by atoms with Gasteiger partial charge in [0.05, 0.1) is 0 Å². The Kier molecular flexibility index (Phi) is 5.99. The molecule has 0 radical (unpaired) electrons. The van der Waals surface area contributed by atoms with E-state index >= 15 is 0 Å². The van der Waals surface area contributed by atoms with Crippen LogP contribution in [-0.4, -0.2) is 18.4 Å². The highest BCUT2D eigenvalue weighted by Crippen LogP contribution is 2.01. The Morgan fingerprint density at radius 2 is 1.68 bits per heavy atom. The van der Waals surface area contributed by atoms with Gasteiger partial charge in [-0.2, -0.15) is 0 Å². The molecule has 19 heavy (non-hydrogen) atoms. The van der Waals surface area contributed by atoms with Gasteiger partial charge in [-0.25, -0.2) is 4.39 Å². The molecule has 1 aromatic rings. The van der Waals surface area contributed by atoms with Crippen molar-refractivity contribution >= 4 is 11.8 Å². The summed E-state index contributed by atoms with van der Waals surface area (Å²) in [6, 6.07) is 5.74. The minimum atomic E-state index is -0.673. The SMILES string of the molecule is CC(C)CCNC(=O)C(=O)NCc1ccc(F)cc1. The molecule has 0 saturated heterocycles. The molecule has 104 valence electrons. The van der Waals surface area contributed by atoms with Crippen molar-refractivity contribution < 1.29 is 14.0 Å². The van der Waals surface area contributed by atoms with E-state index in [0.717, 1.165) is 12.0 Å². The third kappa shape index (κ3) is 5.99. The number of halogens is 1. The average Bonchev–Trinajstić information content (AvgIpc) is 2.37. The average molecular weight is 266 g/mol. The fourth-order valence-corrected chi connectivity index (χ4v) is 1.42. The Bertz CT molecular complexity index is 430. The number of hydrogen-bond donors (Lipinski definition) is 2. The van der Waals surface area contributed by atoms with Crippen molar-refractivity contribution in [3.05, 3.63) is 35.6 Å². The van der Waals surface area contributed by atoms with Crippen LogP contribution in [0.4, 0.5) is 4.39 Å². The van der Waals surface area contributed by atoms with Gasteiger partial charge in [-0.3, -0.25) is 9.59 Å². The van der Waals surface area contributed by atoms with Crippen LogP contribution >= 0.6 is 0 Å². The van der Waals surface area contributed by atoms with E-state index in [1.165, 1.54) is 12.1 Å². The molecule has 0 aliphatic heterocycles. The lowest BCUT2D eigenvalue weighted by Gasteiger charge is -2.08. The van der Waals surface area contributed by atoms with Crippen LogP contribution in [0.2, 0.25) is 0 Å². The predicted molar refractivity (Wildman–Crippen MR) is 70.7 cm³/mol. The van der Waals surface area contributed by atoms with Crippen LogP contribution in [0.5, 0.6) is 0 Å². The van der Waals surface area contributed by atoms with Crippen molar-refractivity contribution in [3.8, 4) is 0 Å². The van der Waals surface area contributed by atoms with Gasteiger partial charge in [0.15, 0.2) is 0 Å². The number of rotatable bonds is 5. The van der Waals surface area contributed by atoms with E-state index < -0.39 is 11.8 Å². The zero-order chi connectivity index (χ0) is 14.3. The third-order valence-electron chi connectivity index (χ3n) is 2.58. The Morgan fingerprint density at radius 3 is 2.26 bits per heavy atom. The summed E-state index contributed by atoms with van der Waals surface area (Å²) in [5, 5.41) is 5.03. The highest BCUT2D eigenvalue weighted by atomic mass is 19.1. The topological polar surface area (TPSA) is 58.2 Å². The lowest BCUT2D eigenvalue weighted by atomic mass is 10.1. The summed E-state index contributed by atoms with van der Waals surface area (Å²) in [5.74, 6) is -1.17. The van der Waals surface area contributed by atoms with Gasteiger partial charge in [0.2, 0.25) is 0 Å². The normalized spacial score (nSPS) is 10.3. The molecule has 0 aliphatic rings. The number of carbonyl (C=O) groups is 2. The lowest BCUT2D eigenvalue weighted by molar-refractivity contribution is -0.139. The second-order valence-electron chi connectivity index (χ2n) is 4.75. The molecule has 0 atom stereocenters. The van der Waals surface area contributed by atoms with Crippen LogP contribution in [0, 0.1) is 11.7 Å². The first-order chi connectivity index (χ1) is 8.99. The molecular formula is C14H19FN2O2. The van der Waals surface area contributed by atoms with Crippen LogP contribution in [-0.2, 0) is 16.1 Å². The van der Waals surface area contributed by atoms with E-state index in [4.69, 9.17) is 0 Å². The van der Waals surface area contributed by atoms with Crippen molar-refractivity contribution in [3.63, 3.8) is 0 Å². The summed E-state index contributed by atoms with van der Waals surface area (Å²) in [6.45, 7) is 4.78. The summed E-state index contributed by atoms with van der Waals surface area (Å²) >= 11 is 0. The quantitative estimate of drug-likeness (QED) is 0.795. The fourth-order valence-electron chi connectivity index (χ4n) is 1.42. The van der Waals surface area contributed by atoms with E-state index in [9.17, 15) is 14.0 Å². The van der Waals surface area contributed by atoms with Gasteiger partial charge >= 0.3 is 11.8 Å². The molecule has 0 aliphatic carbocycles. The molecule has 5 heteroatoms. The molecule has 1 aromatic carbocycles. The van der Waals surface area contributed by atoms with Gasteiger partial charge in [-0.1, -0.05) is 26.0 Å². The van der Waals surface area contributed by atoms with Crippen LogP contribution in [0.3, 0.4) is 0 Å². The molecule has 0 heterocycles. The number of nitrogens with one attached hydrogen (secondary N) is 2. The number of amides is 2. The highest BCUT2D eigenvalue weighted by Gasteiger charge is 2.12. The highest BCUT2D eigenvalue weighted by molar-refractivity contribution is 6.35. The van der Waals surface area contributed by atoms with Gasteiger partial charge in [0.25, 0.3) is 0 Å². The van der Waals surface area contributed by atoms with Gasteiger partial charge in [0.1, 0.15) is 5.82 Å². The van der Waals surface area contributed by atoms with Gasteiger partial charge in [0, 0.05) is 13.1 Å². The summed E-state index contributed by atoms with van der Waals surface area (Å²) < 4.78 is 12.7. The second kappa shape index (κ2) is 7.51. The summed E-state index contributed by atoms with van der Waals surface area (Å²) in [5.41, 5.74) is 0.740. The molecule has 0 unspecified atom stereocenters. The van der Waals surface area contributed by atoms with Gasteiger partial charge in [-0.15, -0.1) is 0 Å². The molecule has 0 aromatic heterocycles. The Hall–Kier alpha value is -1.91. The largest absolute Gasteiger partial charge is 0.348 e. The zero-order valence-electron chi connectivity index (χ0n) is 11.2. The maximum atomic E-state index is 12.7. The van der Waals surface area contributed by atoms with Crippen molar-refractivity contribution in [1.29, 1.82) is 0 Å².